The second kappa shape index (κ2) is 6.84. The maximum Gasteiger partial charge on any atom is 0.226 e. The van der Waals surface area contributed by atoms with Gasteiger partial charge in [0.2, 0.25) is 5.91 Å². The predicted octanol–water partition coefficient (Wildman–Crippen LogP) is 3.97. The molecule has 1 unspecified atom stereocenters. The molecule has 2 aliphatic heterocycles. The number of nitrogens with one attached hydrogen (secondary N) is 1. The molecule has 25 heavy (non-hydrogen) atoms. The molecule has 4 rings (SSSR count). The van der Waals surface area contributed by atoms with E-state index in [0.717, 1.165) is 32.8 Å². The smallest absolute Gasteiger partial charge is 0.226 e. The number of amidine groups is 1. The molecule has 1 amide bonds. The van der Waals surface area contributed by atoms with Gasteiger partial charge >= 0.3 is 0 Å². The fourth-order valence-corrected chi connectivity index (χ4v) is 3.59. The lowest BCUT2D eigenvalue weighted by atomic mass is 9.85. The van der Waals surface area contributed by atoms with Crippen LogP contribution in [0, 0.1) is 0 Å². The molecule has 2 aromatic rings. The van der Waals surface area contributed by atoms with E-state index in [1.165, 1.54) is 0 Å². The summed E-state index contributed by atoms with van der Waals surface area (Å²) in [5, 5.41) is 2.85. The number of hydrogen-bond donors (Lipinski definition) is 1. The zero-order valence-electron chi connectivity index (χ0n) is 13.5. The van der Waals surface area contributed by atoms with Gasteiger partial charge in [0, 0.05) is 27.9 Å². The first-order chi connectivity index (χ1) is 12.2. The molecule has 126 valence electrons. The van der Waals surface area contributed by atoms with E-state index in [2.05, 4.69) is 32.3 Å². The Hall–Kier alpha value is -2.40. The Kier molecular flexibility index (Phi) is 4.40. The molecule has 1 N–H and O–H groups in total. The van der Waals surface area contributed by atoms with Crippen LogP contribution in [0.3, 0.4) is 0 Å². The van der Waals surface area contributed by atoms with Crippen molar-refractivity contribution in [1.29, 1.82) is 0 Å². The van der Waals surface area contributed by atoms with E-state index in [0.29, 0.717) is 19.6 Å². The minimum Gasteiger partial charge on any atom is -0.489 e. The molecular weight excluding hydrogens is 380 g/mol. The number of carbonyl (C=O) groups is 1. The molecule has 2 aromatic carbocycles. The SMILES string of the molecule is O=C1CC(c2ccc(OCc3ccccc3Br)cc2)C2=CCN=C2N1. The summed E-state index contributed by atoms with van der Waals surface area (Å²) in [6.07, 6.45) is 2.55. The molecule has 1 atom stereocenters. The lowest BCUT2D eigenvalue weighted by molar-refractivity contribution is -0.120. The molecule has 0 aromatic heterocycles. The molecule has 1 fully saturated rings. The van der Waals surface area contributed by atoms with Gasteiger partial charge in [-0.3, -0.25) is 9.79 Å². The Morgan fingerprint density at radius 3 is 2.76 bits per heavy atom. The fraction of sp³-hybridized carbons (Fsp3) is 0.200. The molecule has 4 nitrogen and oxygen atoms in total. The molecule has 5 heteroatoms. The largest absolute Gasteiger partial charge is 0.489 e. The van der Waals surface area contributed by atoms with Gasteiger partial charge < -0.3 is 10.1 Å². The number of hydrogen-bond acceptors (Lipinski definition) is 3. The summed E-state index contributed by atoms with van der Waals surface area (Å²) >= 11 is 3.53. The van der Waals surface area contributed by atoms with Crippen molar-refractivity contribution in [3.8, 4) is 5.75 Å². The Morgan fingerprint density at radius 2 is 1.96 bits per heavy atom. The minimum absolute atomic E-state index is 0.0251. The second-order valence-electron chi connectivity index (χ2n) is 6.10. The van der Waals surface area contributed by atoms with E-state index >= 15 is 0 Å². The van der Waals surface area contributed by atoms with Crippen molar-refractivity contribution in [1.82, 2.24) is 5.32 Å². The molecule has 0 aliphatic carbocycles. The summed E-state index contributed by atoms with van der Waals surface area (Å²) in [6, 6.07) is 16.0. The van der Waals surface area contributed by atoms with Crippen molar-refractivity contribution < 1.29 is 9.53 Å². The van der Waals surface area contributed by atoms with Crippen molar-refractivity contribution in [2.75, 3.05) is 6.54 Å². The molecule has 2 heterocycles. The number of benzene rings is 2. The van der Waals surface area contributed by atoms with Gasteiger partial charge in [-0.05, 0) is 23.8 Å². The van der Waals surface area contributed by atoms with Crippen LogP contribution in [0.25, 0.3) is 0 Å². The number of rotatable bonds is 4. The highest BCUT2D eigenvalue weighted by Gasteiger charge is 2.31. The van der Waals surface area contributed by atoms with Gasteiger partial charge in [-0.1, -0.05) is 52.3 Å². The van der Waals surface area contributed by atoms with Crippen LogP contribution in [-0.2, 0) is 11.4 Å². The van der Waals surface area contributed by atoms with Gasteiger partial charge in [-0.2, -0.15) is 0 Å². The van der Waals surface area contributed by atoms with Gasteiger partial charge in [0.25, 0.3) is 0 Å². The quantitative estimate of drug-likeness (QED) is 0.849. The number of carbonyl (C=O) groups excluding carboxylic acids is 1. The maximum atomic E-state index is 11.9. The number of ether oxygens (including phenoxy) is 1. The first kappa shape index (κ1) is 16.1. The predicted molar refractivity (Wildman–Crippen MR) is 101 cm³/mol. The Bertz CT molecular complexity index is 872. The lowest BCUT2D eigenvalue weighted by Crippen LogP contribution is -2.38. The highest BCUT2D eigenvalue weighted by Crippen LogP contribution is 2.34. The maximum absolute atomic E-state index is 11.9. The zero-order chi connectivity index (χ0) is 17.2. The number of fused-ring (bicyclic) bond motifs is 1. The van der Waals surface area contributed by atoms with E-state index in [9.17, 15) is 4.79 Å². The van der Waals surface area contributed by atoms with Crippen LogP contribution in [0.1, 0.15) is 23.5 Å². The standard InChI is InChI=1S/C20H17BrN2O2/c21-18-4-2-1-3-14(18)12-25-15-7-5-13(6-8-15)17-11-19(24)23-20-16(17)9-10-22-20/h1-9,17H,10-12H2,(H,22,23,24). The van der Waals surface area contributed by atoms with E-state index in [-0.39, 0.29) is 11.8 Å². The van der Waals surface area contributed by atoms with Crippen LogP contribution in [0.15, 0.2) is 69.6 Å². The van der Waals surface area contributed by atoms with Crippen molar-refractivity contribution in [3.05, 3.63) is 75.8 Å². The van der Waals surface area contributed by atoms with Crippen LogP contribution in [0.5, 0.6) is 5.75 Å². The van der Waals surface area contributed by atoms with Crippen molar-refractivity contribution in [2.45, 2.75) is 18.9 Å². The first-order valence-electron chi connectivity index (χ1n) is 8.21. The summed E-state index contributed by atoms with van der Waals surface area (Å²) in [6.45, 7) is 1.16. The Labute approximate surface area is 154 Å². The topological polar surface area (TPSA) is 50.7 Å². The third-order valence-corrected chi connectivity index (χ3v) is 5.27. The van der Waals surface area contributed by atoms with Gasteiger partial charge in [0.05, 0.1) is 6.54 Å². The highest BCUT2D eigenvalue weighted by molar-refractivity contribution is 9.10. The van der Waals surface area contributed by atoms with E-state index in [1.807, 2.05) is 48.5 Å². The number of amides is 1. The van der Waals surface area contributed by atoms with Crippen LogP contribution in [0.2, 0.25) is 0 Å². The van der Waals surface area contributed by atoms with Crippen molar-refractivity contribution in [2.24, 2.45) is 4.99 Å². The molecule has 1 saturated heterocycles. The average Bonchev–Trinajstić information content (AvgIpc) is 3.09. The summed E-state index contributed by atoms with van der Waals surface area (Å²) in [7, 11) is 0. The molecule has 2 aliphatic rings. The Balaban J connectivity index is 1.48. The van der Waals surface area contributed by atoms with Crippen molar-refractivity contribution >= 4 is 27.7 Å². The van der Waals surface area contributed by atoms with Crippen LogP contribution in [0.4, 0.5) is 0 Å². The zero-order valence-corrected chi connectivity index (χ0v) is 15.1. The van der Waals surface area contributed by atoms with Gasteiger partial charge in [-0.25, -0.2) is 0 Å². The van der Waals surface area contributed by atoms with Gasteiger partial charge in [0.1, 0.15) is 18.2 Å². The highest BCUT2D eigenvalue weighted by atomic mass is 79.9. The van der Waals surface area contributed by atoms with E-state index < -0.39 is 0 Å². The van der Waals surface area contributed by atoms with E-state index in [4.69, 9.17) is 4.74 Å². The molecular formula is C20H17BrN2O2. The van der Waals surface area contributed by atoms with Gasteiger partial charge in [-0.15, -0.1) is 0 Å². The number of nitrogens with zero attached hydrogens (tertiary/aromatic N) is 1. The van der Waals surface area contributed by atoms with Crippen LogP contribution >= 0.6 is 15.9 Å². The third-order valence-electron chi connectivity index (χ3n) is 4.49. The fourth-order valence-electron chi connectivity index (χ4n) is 3.19. The summed E-state index contributed by atoms with van der Waals surface area (Å²) < 4.78 is 6.92. The first-order valence-corrected chi connectivity index (χ1v) is 9.01. The van der Waals surface area contributed by atoms with Crippen LogP contribution < -0.4 is 10.1 Å². The molecule has 0 saturated carbocycles. The normalized spacial score (nSPS) is 18.9. The number of piperidine rings is 1. The van der Waals surface area contributed by atoms with Crippen LogP contribution in [-0.4, -0.2) is 18.3 Å². The molecule has 0 radical (unpaired) electrons. The monoisotopic (exact) mass is 396 g/mol. The number of aliphatic imine (C=N–C) groups is 1. The summed E-state index contributed by atoms with van der Waals surface area (Å²) in [4.78, 5) is 16.2. The summed E-state index contributed by atoms with van der Waals surface area (Å²) in [5.74, 6) is 1.65. The van der Waals surface area contributed by atoms with E-state index in [1.54, 1.807) is 0 Å². The average molecular weight is 397 g/mol. The second-order valence-corrected chi connectivity index (χ2v) is 6.96. The molecule has 0 bridgehead atoms. The summed E-state index contributed by atoms with van der Waals surface area (Å²) in [5.41, 5.74) is 3.35. The third kappa shape index (κ3) is 3.37. The molecule has 0 spiro atoms. The Morgan fingerprint density at radius 1 is 1.16 bits per heavy atom. The lowest BCUT2D eigenvalue weighted by Gasteiger charge is -2.25. The minimum atomic E-state index is 0.0251. The van der Waals surface area contributed by atoms with Crippen molar-refractivity contribution in [3.63, 3.8) is 0 Å². The van der Waals surface area contributed by atoms with Gasteiger partial charge in [0.15, 0.2) is 0 Å². The number of halogens is 1.